The third-order valence-corrected chi connectivity index (χ3v) is 2.47. The maximum absolute atomic E-state index is 10.3. The van der Waals surface area contributed by atoms with Crippen molar-refractivity contribution in [1.82, 2.24) is 10.6 Å². The normalized spacial score (nSPS) is 11.0. The monoisotopic (exact) mass is 402 g/mol. The minimum atomic E-state index is -0.922. The molecule has 6 nitrogen and oxygen atoms in total. The van der Waals surface area contributed by atoms with Crippen molar-refractivity contribution in [1.29, 1.82) is 0 Å². The fourth-order valence-corrected chi connectivity index (χ4v) is 1.53. The molecular formula is C10H16N2Na2O4S4. The van der Waals surface area contributed by atoms with Gasteiger partial charge in [0.25, 0.3) is 0 Å². The van der Waals surface area contributed by atoms with Crippen LogP contribution in [-0.4, -0.2) is 42.9 Å². The Hall–Kier alpha value is 1.16. The van der Waals surface area contributed by atoms with Crippen LogP contribution in [0.3, 0.4) is 0 Å². The quantitative estimate of drug-likeness (QED) is 0.196. The average molecular weight is 402 g/mol. The van der Waals surface area contributed by atoms with Gasteiger partial charge in [-0.1, -0.05) is 22.5 Å². The van der Waals surface area contributed by atoms with Gasteiger partial charge in [0, 0.05) is 0 Å². The summed E-state index contributed by atoms with van der Waals surface area (Å²) in [7, 11) is 0. The summed E-state index contributed by atoms with van der Waals surface area (Å²) < 4.78 is 0.212. The Labute approximate surface area is 196 Å². The summed E-state index contributed by atoms with van der Waals surface area (Å²) in [6.07, 6.45) is 0.957. The molecule has 0 rings (SSSR count). The smallest absolute Gasteiger partial charge is 0.480 e. The minimum Gasteiger partial charge on any atom is -0.480 e. The fourth-order valence-electron chi connectivity index (χ4n) is 0.961. The second-order valence-electron chi connectivity index (χ2n) is 3.46. The third-order valence-electron chi connectivity index (χ3n) is 2.00. The van der Waals surface area contributed by atoms with E-state index in [2.05, 4.69) is 60.3 Å². The number of thiocarbonyl (C=S) groups is 2. The summed E-state index contributed by atoms with van der Waals surface area (Å²) in [4.78, 5) is 20.6. The van der Waals surface area contributed by atoms with Gasteiger partial charge in [0.2, 0.25) is 0 Å². The van der Waals surface area contributed by atoms with Gasteiger partial charge < -0.3 is 70.5 Å². The summed E-state index contributed by atoms with van der Waals surface area (Å²) in [5, 5.41) is 21.9. The molecule has 0 fully saturated rings. The van der Waals surface area contributed by atoms with Crippen LogP contribution in [0.4, 0.5) is 0 Å². The van der Waals surface area contributed by atoms with Crippen molar-refractivity contribution in [3.05, 3.63) is 0 Å². The number of hydrogen-bond acceptors (Lipinski definition) is 6. The standard InChI is InChI=1S/2C5H9NO2S2.2Na/c2*1-2-3(4(7)8)6-5(9)10;;/h2*3H,2H2,1H3,(H,7,8)(H2,6,9,10);;/q;;2*+1/p-2. The Morgan fingerprint density at radius 3 is 1.18 bits per heavy atom. The number of nitrogens with one attached hydrogen (secondary N) is 2. The molecule has 116 valence electrons. The zero-order chi connectivity index (χ0) is 16.3. The van der Waals surface area contributed by atoms with Crippen LogP contribution >= 0.6 is 24.4 Å². The zero-order valence-corrected chi connectivity index (χ0v) is 20.2. The van der Waals surface area contributed by atoms with E-state index in [9.17, 15) is 9.59 Å². The Morgan fingerprint density at radius 1 is 0.909 bits per heavy atom. The number of hydrogen-bond donors (Lipinski definition) is 4. The molecule has 0 bridgehead atoms. The molecule has 0 aromatic rings. The van der Waals surface area contributed by atoms with Crippen LogP contribution in [0.25, 0.3) is 0 Å². The maximum atomic E-state index is 10.3. The first-order chi connectivity index (χ1) is 9.15. The summed E-state index contributed by atoms with van der Waals surface area (Å²) in [5.41, 5.74) is 0. The van der Waals surface area contributed by atoms with Crippen molar-refractivity contribution >= 4 is 70.3 Å². The van der Waals surface area contributed by atoms with Gasteiger partial charge in [0.1, 0.15) is 12.1 Å². The predicted molar refractivity (Wildman–Crippen MR) is 89.6 cm³/mol. The molecule has 4 N–H and O–H groups in total. The van der Waals surface area contributed by atoms with E-state index in [0.717, 1.165) is 0 Å². The minimum absolute atomic E-state index is 0. The molecule has 2 unspecified atom stereocenters. The zero-order valence-electron chi connectivity index (χ0n) is 12.9. The van der Waals surface area contributed by atoms with Crippen molar-refractivity contribution in [3.8, 4) is 0 Å². The van der Waals surface area contributed by atoms with Crippen LogP contribution in [0, 0.1) is 0 Å². The topological polar surface area (TPSA) is 98.7 Å². The molecule has 12 heteroatoms. The van der Waals surface area contributed by atoms with E-state index < -0.39 is 24.0 Å². The maximum Gasteiger partial charge on any atom is 1.00 e. The molecule has 2 atom stereocenters. The van der Waals surface area contributed by atoms with Crippen LogP contribution in [0.2, 0.25) is 0 Å². The van der Waals surface area contributed by atoms with Crippen LogP contribution < -0.4 is 69.7 Å². The number of carboxylic acids is 2. The van der Waals surface area contributed by atoms with Crippen molar-refractivity contribution < 1.29 is 78.9 Å². The van der Waals surface area contributed by atoms with Crippen LogP contribution in [-0.2, 0) is 34.8 Å². The molecule has 0 radical (unpaired) electrons. The Kier molecular flexibility index (Phi) is 26.0. The molecule has 0 aromatic carbocycles. The first-order valence-electron chi connectivity index (χ1n) is 5.56. The van der Waals surface area contributed by atoms with Gasteiger partial charge in [0.05, 0.1) is 0 Å². The van der Waals surface area contributed by atoms with E-state index in [0.29, 0.717) is 12.8 Å². The Morgan fingerprint density at radius 2 is 1.14 bits per heavy atom. The van der Waals surface area contributed by atoms with Gasteiger partial charge in [-0.2, -0.15) is 0 Å². The molecule has 0 aliphatic rings. The van der Waals surface area contributed by atoms with Crippen molar-refractivity contribution in [2.75, 3.05) is 0 Å². The molecule has 0 aromatic heterocycles. The van der Waals surface area contributed by atoms with Crippen LogP contribution in [0.15, 0.2) is 0 Å². The Balaban J connectivity index is -0.000000135. The number of aliphatic carboxylic acids is 2. The number of rotatable bonds is 6. The van der Waals surface area contributed by atoms with Gasteiger partial charge in [-0.25, -0.2) is 9.59 Å². The summed E-state index contributed by atoms with van der Waals surface area (Å²) in [6, 6.07) is -1.27. The van der Waals surface area contributed by atoms with Crippen LogP contribution in [0.5, 0.6) is 0 Å². The first-order valence-corrected chi connectivity index (χ1v) is 7.19. The van der Waals surface area contributed by atoms with E-state index in [1.54, 1.807) is 13.8 Å². The SMILES string of the molecule is CCC(NC(=S)[S-])C(=O)O.CCC(NC(=S)[S-])C(=O)O.[Na+].[Na+]. The van der Waals surface area contributed by atoms with Crippen LogP contribution in [0.1, 0.15) is 26.7 Å². The molecule has 0 saturated carbocycles. The molecule has 0 amide bonds. The molecule has 0 saturated heterocycles. The van der Waals surface area contributed by atoms with E-state index in [4.69, 9.17) is 10.2 Å². The summed E-state index contributed by atoms with van der Waals surface area (Å²) >= 11 is 18.0. The number of carboxylic acid groups (broad SMARTS) is 2. The molecule has 0 heterocycles. The average Bonchev–Trinajstić information content (AvgIpc) is 2.32. The molecular weight excluding hydrogens is 386 g/mol. The molecule has 0 spiro atoms. The van der Waals surface area contributed by atoms with Gasteiger partial charge in [-0.15, -0.1) is 0 Å². The van der Waals surface area contributed by atoms with Gasteiger partial charge >= 0.3 is 71.1 Å². The van der Waals surface area contributed by atoms with Gasteiger partial charge in [0.15, 0.2) is 0 Å². The summed E-state index contributed by atoms with van der Waals surface area (Å²) in [6.45, 7) is 3.50. The van der Waals surface area contributed by atoms with E-state index in [1.165, 1.54) is 0 Å². The third kappa shape index (κ3) is 19.2. The van der Waals surface area contributed by atoms with Gasteiger partial charge in [-0.3, -0.25) is 0 Å². The predicted octanol–water partition coefficient (Wildman–Crippen LogP) is -5.45. The molecule has 22 heavy (non-hydrogen) atoms. The molecule has 0 aliphatic heterocycles. The molecule has 0 aliphatic carbocycles. The van der Waals surface area contributed by atoms with E-state index in [-0.39, 0.29) is 67.8 Å². The first kappa shape index (κ1) is 31.0. The Bertz CT molecular complexity index is 341. The second kappa shape index (κ2) is 18.5. The second-order valence-corrected chi connectivity index (χ2v) is 5.61. The van der Waals surface area contributed by atoms with Crippen molar-refractivity contribution in [2.45, 2.75) is 38.8 Å². The summed E-state index contributed by atoms with van der Waals surface area (Å²) in [5.74, 6) is -1.84. The van der Waals surface area contributed by atoms with Crippen molar-refractivity contribution in [2.24, 2.45) is 0 Å². The number of carbonyl (C=O) groups is 2. The van der Waals surface area contributed by atoms with Gasteiger partial charge in [-0.05, 0) is 12.8 Å². The van der Waals surface area contributed by atoms with E-state index in [1.807, 2.05) is 0 Å². The van der Waals surface area contributed by atoms with E-state index >= 15 is 0 Å². The fraction of sp³-hybridized carbons (Fsp3) is 0.600. The van der Waals surface area contributed by atoms with Crippen molar-refractivity contribution in [3.63, 3.8) is 0 Å². The largest absolute Gasteiger partial charge is 1.00 e.